The number of nitrogens with one attached hydrogen (secondary N) is 1. The SMILES string of the molecule is CCCNS(=O)(=O)Cc1ccc(Cl)cc1Cl. The van der Waals surface area contributed by atoms with Gasteiger partial charge in [-0.05, 0) is 24.1 Å². The van der Waals surface area contributed by atoms with E-state index in [4.69, 9.17) is 23.2 Å². The predicted octanol–water partition coefficient (Wildman–Crippen LogP) is 2.82. The van der Waals surface area contributed by atoms with Gasteiger partial charge >= 0.3 is 0 Å². The van der Waals surface area contributed by atoms with Crippen molar-refractivity contribution in [1.29, 1.82) is 0 Å². The largest absolute Gasteiger partial charge is 0.215 e. The highest BCUT2D eigenvalue weighted by molar-refractivity contribution is 7.88. The monoisotopic (exact) mass is 281 g/mol. The standard InChI is InChI=1S/C10H13Cl2NO2S/c1-2-5-13-16(14,15)7-8-3-4-9(11)6-10(8)12/h3-4,6,13H,2,5,7H2,1H3. The number of benzene rings is 1. The number of halogens is 2. The fourth-order valence-corrected chi connectivity index (χ4v) is 2.98. The average molecular weight is 282 g/mol. The van der Waals surface area contributed by atoms with Crippen LogP contribution in [0.1, 0.15) is 18.9 Å². The molecule has 0 radical (unpaired) electrons. The van der Waals surface area contributed by atoms with Gasteiger partial charge in [0.15, 0.2) is 0 Å². The van der Waals surface area contributed by atoms with E-state index in [1.165, 1.54) is 6.07 Å². The van der Waals surface area contributed by atoms with Crippen LogP contribution in [0.2, 0.25) is 10.0 Å². The Kier molecular flexibility index (Phi) is 5.05. The van der Waals surface area contributed by atoms with Gasteiger partial charge in [-0.1, -0.05) is 36.2 Å². The third kappa shape index (κ3) is 4.29. The van der Waals surface area contributed by atoms with Crippen LogP contribution in [0.4, 0.5) is 0 Å². The molecule has 0 heterocycles. The number of hydrogen-bond donors (Lipinski definition) is 1. The molecule has 16 heavy (non-hydrogen) atoms. The van der Waals surface area contributed by atoms with E-state index in [9.17, 15) is 8.42 Å². The summed E-state index contributed by atoms with van der Waals surface area (Å²) in [7, 11) is -3.31. The zero-order valence-corrected chi connectivity index (χ0v) is 11.2. The van der Waals surface area contributed by atoms with Gasteiger partial charge in [-0.25, -0.2) is 13.1 Å². The van der Waals surface area contributed by atoms with Gasteiger partial charge < -0.3 is 0 Å². The molecule has 90 valence electrons. The molecule has 3 nitrogen and oxygen atoms in total. The van der Waals surface area contributed by atoms with E-state index in [-0.39, 0.29) is 5.75 Å². The maximum atomic E-state index is 11.6. The van der Waals surface area contributed by atoms with E-state index >= 15 is 0 Å². The molecule has 0 spiro atoms. The van der Waals surface area contributed by atoms with Gasteiger partial charge in [0, 0.05) is 16.6 Å². The summed E-state index contributed by atoms with van der Waals surface area (Å²) < 4.78 is 25.7. The van der Waals surface area contributed by atoms with Crippen molar-refractivity contribution in [3.8, 4) is 0 Å². The van der Waals surface area contributed by atoms with Gasteiger partial charge in [0.05, 0.1) is 5.75 Å². The Morgan fingerprint density at radius 1 is 1.31 bits per heavy atom. The molecule has 0 aliphatic heterocycles. The lowest BCUT2D eigenvalue weighted by Crippen LogP contribution is -2.25. The van der Waals surface area contributed by atoms with E-state index in [2.05, 4.69) is 4.72 Å². The minimum atomic E-state index is -3.31. The smallest absolute Gasteiger partial charge is 0.215 e. The minimum Gasteiger partial charge on any atom is -0.215 e. The first-order valence-electron chi connectivity index (χ1n) is 4.86. The molecule has 0 bridgehead atoms. The van der Waals surface area contributed by atoms with Crippen LogP contribution in [-0.4, -0.2) is 15.0 Å². The quantitative estimate of drug-likeness (QED) is 0.902. The second kappa shape index (κ2) is 5.87. The lowest BCUT2D eigenvalue weighted by atomic mass is 10.2. The van der Waals surface area contributed by atoms with Gasteiger partial charge in [0.25, 0.3) is 0 Å². The molecule has 1 rings (SSSR count). The fourth-order valence-electron chi connectivity index (χ4n) is 1.15. The first-order chi connectivity index (χ1) is 7.44. The summed E-state index contributed by atoms with van der Waals surface area (Å²) in [5.74, 6) is -0.122. The van der Waals surface area contributed by atoms with Crippen LogP contribution in [0, 0.1) is 0 Å². The summed E-state index contributed by atoms with van der Waals surface area (Å²) in [6, 6.07) is 4.78. The van der Waals surface area contributed by atoms with Crippen LogP contribution in [0.25, 0.3) is 0 Å². The molecule has 1 N–H and O–H groups in total. The van der Waals surface area contributed by atoms with Gasteiger partial charge in [-0.15, -0.1) is 0 Å². The number of rotatable bonds is 5. The van der Waals surface area contributed by atoms with Crippen LogP contribution in [0.3, 0.4) is 0 Å². The van der Waals surface area contributed by atoms with Crippen molar-refractivity contribution < 1.29 is 8.42 Å². The van der Waals surface area contributed by atoms with E-state index < -0.39 is 10.0 Å². The highest BCUT2D eigenvalue weighted by Gasteiger charge is 2.12. The van der Waals surface area contributed by atoms with Crippen LogP contribution in [0.15, 0.2) is 18.2 Å². The Morgan fingerprint density at radius 3 is 2.56 bits per heavy atom. The van der Waals surface area contributed by atoms with E-state index in [1.807, 2.05) is 6.92 Å². The summed E-state index contributed by atoms with van der Waals surface area (Å²) in [6.45, 7) is 2.34. The van der Waals surface area contributed by atoms with Crippen molar-refractivity contribution in [3.63, 3.8) is 0 Å². The molecule has 0 fully saturated rings. The number of sulfonamides is 1. The molecule has 0 atom stereocenters. The molecular formula is C10H13Cl2NO2S. The van der Waals surface area contributed by atoms with Gasteiger partial charge in [0.1, 0.15) is 0 Å². The molecular weight excluding hydrogens is 269 g/mol. The summed E-state index contributed by atoms with van der Waals surface area (Å²) >= 11 is 11.6. The maximum absolute atomic E-state index is 11.6. The zero-order chi connectivity index (χ0) is 12.2. The van der Waals surface area contributed by atoms with Crippen LogP contribution in [-0.2, 0) is 15.8 Å². The molecule has 6 heteroatoms. The Balaban J connectivity index is 2.80. The first kappa shape index (κ1) is 13.8. The van der Waals surface area contributed by atoms with Crippen LogP contribution in [0.5, 0.6) is 0 Å². The van der Waals surface area contributed by atoms with Crippen LogP contribution >= 0.6 is 23.2 Å². The molecule has 1 aromatic rings. The molecule has 0 saturated heterocycles. The molecule has 0 aliphatic carbocycles. The van der Waals surface area contributed by atoms with Crippen molar-refractivity contribution in [3.05, 3.63) is 33.8 Å². The van der Waals surface area contributed by atoms with Gasteiger partial charge in [-0.3, -0.25) is 0 Å². The summed E-state index contributed by atoms with van der Waals surface area (Å²) in [4.78, 5) is 0. The molecule has 0 saturated carbocycles. The van der Waals surface area contributed by atoms with Crippen LogP contribution < -0.4 is 4.72 Å². The van der Waals surface area contributed by atoms with Gasteiger partial charge in [0.2, 0.25) is 10.0 Å². The van der Waals surface area contributed by atoms with Crippen molar-refractivity contribution in [1.82, 2.24) is 4.72 Å². The predicted molar refractivity (Wildman–Crippen MR) is 67.4 cm³/mol. The number of hydrogen-bond acceptors (Lipinski definition) is 2. The summed E-state index contributed by atoms with van der Waals surface area (Å²) in [6.07, 6.45) is 0.758. The third-order valence-corrected chi connectivity index (χ3v) is 3.85. The van der Waals surface area contributed by atoms with Crippen molar-refractivity contribution in [2.45, 2.75) is 19.1 Å². The molecule has 1 aromatic carbocycles. The highest BCUT2D eigenvalue weighted by atomic mass is 35.5. The topological polar surface area (TPSA) is 46.2 Å². The minimum absolute atomic E-state index is 0.122. The van der Waals surface area contributed by atoms with Crippen molar-refractivity contribution in [2.24, 2.45) is 0 Å². The second-order valence-electron chi connectivity index (χ2n) is 3.39. The molecule has 0 aromatic heterocycles. The van der Waals surface area contributed by atoms with E-state index in [0.717, 1.165) is 6.42 Å². The average Bonchev–Trinajstić information content (AvgIpc) is 2.19. The fraction of sp³-hybridized carbons (Fsp3) is 0.400. The molecule has 0 aliphatic rings. The third-order valence-electron chi connectivity index (χ3n) is 1.93. The zero-order valence-electron chi connectivity index (χ0n) is 8.83. The van der Waals surface area contributed by atoms with E-state index in [0.29, 0.717) is 22.2 Å². The van der Waals surface area contributed by atoms with Crippen molar-refractivity contribution in [2.75, 3.05) is 6.54 Å². The summed E-state index contributed by atoms with van der Waals surface area (Å²) in [5.41, 5.74) is 0.551. The molecule has 0 amide bonds. The lowest BCUT2D eigenvalue weighted by molar-refractivity contribution is 0.580. The van der Waals surface area contributed by atoms with E-state index in [1.54, 1.807) is 12.1 Å². The highest BCUT2D eigenvalue weighted by Crippen LogP contribution is 2.22. The Bertz CT molecular complexity index is 460. The Labute approximate surface area is 106 Å². The second-order valence-corrected chi connectivity index (χ2v) is 6.04. The molecule has 0 unspecified atom stereocenters. The normalized spacial score (nSPS) is 11.7. The summed E-state index contributed by atoms with van der Waals surface area (Å²) in [5, 5.41) is 0.863. The first-order valence-corrected chi connectivity index (χ1v) is 7.26. The Hall–Kier alpha value is -0.290. The maximum Gasteiger partial charge on any atom is 0.215 e. The van der Waals surface area contributed by atoms with Gasteiger partial charge in [-0.2, -0.15) is 0 Å². The van der Waals surface area contributed by atoms with Crippen molar-refractivity contribution >= 4 is 33.2 Å². The lowest BCUT2D eigenvalue weighted by Gasteiger charge is -2.07. The Morgan fingerprint density at radius 2 is 2.00 bits per heavy atom.